The van der Waals surface area contributed by atoms with E-state index in [1.807, 2.05) is 0 Å². The normalized spacial score (nSPS) is 21.9. The molecule has 0 aliphatic carbocycles. The number of likely N-dealkylation sites (tertiary alicyclic amines) is 1. The van der Waals surface area contributed by atoms with Gasteiger partial charge in [-0.2, -0.15) is 0 Å². The summed E-state index contributed by atoms with van der Waals surface area (Å²) in [5.74, 6) is 0.607. The molecule has 0 amide bonds. The summed E-state index contributed by atoms with van der Waals surface area (Å²) in [6, 6.07) is 9.08. The Hall–Kier alpha value is -0.910. The molecule has 24 heavy (non-hydrogen) atoms. The van der Waals surface area contributed by atoms with Gasteiger partial charge >= 0.3 is 0 Å². The average molecular weight is 351 g/mol. The number of benzene rings is 1. The lowest BCUT2D eigenvalue weighted by Gasteiger charge is -2.30. The molecule has 2 saturated heterocycles. The minimum atomic E-state index is -3.01. The van der Waals surface area contributed by atoms with Gasteiger partial charge in [0.15, 0.2) is 0 Å². The second-order valence-corrected chi connectivity index (χ2v) is 9.45. The number of nitrogens with zero attached hydrogens (tertiary/aromatic N) is 2. The van der Waals surface area contributed by atoms with Crippen LogP contribution < -0.4 is 0 Å². The van der Waals surface area contributed by atoms with Crippen LogP contribution in [0.3, 0.4) is 0 Å². The van der Waals surface area contributed by atoms with Crippen molar-refractivity contribution in [3.8, 4) is 0 Å². The Balaban J connectivity index is 1.48. The molecule has 2 heterocycles. The van der Waals surface area contributed by atoms with Crippen LogP contribution in [0, 0.1) is 5.92 Å². The van der Waals surface area contributed by atoms with Crippen molar-refractivity contribution in [1.29, 1.82) is 0 Å². The van der Waals surface area contributed by atoms with Crippen LogP contribution in [0.15, 0.2) is 24.3 Å². The third-order valence-electron chi connectivity index (χ3n) is 5.44. The molecule has 0 aromatic heterocycles. The maximum absolute atomic E-state index is 11.6. The molecule has 2 aliphatic rings. The molecular weight excluding hydrogens is 320 g/mol. The number of sulfonamides is 1. The molecule has 1 aromatic rings. The molecule has 4 nitrogen and oxygen atoms in total. The van der Waals surface area contributed by atoms with Gasteiger partial charge in [-0.1, -0.05) is 30.7 Å². The molecular formula is C19H30N2O2S. The highest BCUT2D eigenvalue weighted by Gasteiger charge is 2.24. The predicted molar refractivity (Wildman–Crippen MR) is 98.4 cm³/mol. The van der Waals surface area contributed by atoms with Crippen molar-refractivity contribution in [3.63, 3.8) is 0 Å². The first-order valence-corrected chi connectivity index (χ1v) is 11.1. The van der Waals surface area contributed by atoms with Crippen molar-refractivity contribution in [2.75, 3.05) is 32.4 Å². The fourth-order valence-electron chi connectivity index (χ4n) is 3.93. The van der Waals surface area contributed by atoms with Crippen molar-refractivity contribution >= 4 is 10.0 Å². The standard InChI is InChI=1S/C19H30N2O2S/c1-24(22,23)21-13-9-18(10-14-21)15-17-5-7-19(8-6-17)16-20-11-3-2-4-12-20/h5-8,18H,2-4,9-16H2,1H3. The van der Waals surface area contributed by atoms with Crippen molar-refractivity contribution in [1.82, 2.24) is 9.21 Å². The van der Waals surface area contributed by atoms with Gasteiger partial charge < -0.3 is 0 Å². The number of hydrogen-bond donors (Lipinski definition) is 0. The molecule has 0 unspecified atom stereocenters. The molecule has 134 valence electrons. The average Bonchev–Trinajstić information content (AvgIpc) is 2.57. The number of piperidine rings is 2. The third-order valence-corrected chi connectivity index (χ3v) is 6.75. The van der Waals surface area contributed by atoms with E-state index in [0.29, 0.717) is 19.0 Å². The fraction of sp³-hybridized carbons (Fsp3) is 0.684. The lowest BCUT2D eigenvalue weighted by molar-refractivity contribution is 0.221. The van der Waals surface area contributed by atoms with E-state index >= 15 is 0 Å². The van der Waals surface area contributed by atoms with E-state index in [1.54, 1.807) is 4.31 Å². The van der Waals surface area contributed by atoms with Crippen molar-refractivity contribution in [3.05, 3.63) is 35.4 Å². The van der Waals surface area contributed by atoms with Crippen LogP contribution in [0.2, 0.25) is 0 Å². The van der Waals surface area contributed by atoms with E-state index < -0.39 is 10.0 Å². The Bertz CT molecular complexity index is 613. The minimum Gasteiger partial charge on any atom is -0.299 e. The smallest absolute Gasteiger partial charge is 0.211 e. The van der Waals surface area contributed by atoms with Crippen LogP contribution in [-0.4, -0.2) is 50.1 Å². The molecule has 3 rings (SSSR count). The maximum Gasteiger partial charge on any atom is 0.211 e. The molecule has 0 atom stereocenters. The highest BCUT2D eigenvalue weighted by Crippen LogP contribution is 2.23. The number of rotatable bonds is 5. The quantitative estimate of drug-likeness (QED) is 0.820. The van der Waals surface area contributed by atoms with E-state index in [4.69, 9.17) is 0 Å². The van der Waals surface area contributed by atoms with Gasteiger partial charge in [0, 0.05) is 19.6 Å². The van der Waals surface area contributed by atoms with Gasteiger partial charge in [-0.3, -0.25) is 4.90 Å². The van der Waals surface area contributed by atoms with Crippen LogP contribution in [0.25, 0.3) is 0 Å². The zero-order chi connectivity index (χ0) is 17.0. The van der Waals surface area contributed by atoms with Gasteiger partial charge in [-0.05, 0) is 62.2 Å². The van der Waals surface area contributed by atoms with Gasteiger partial charge in [-0.25, -0.2) is 12.7 Å². The zero-order valence-electron chi connectivity index (χ0n) is 14.8. The Morgan fingerprint density at radius 3 is 2.08 bits per heavy atom. The van der Waals surface area contributed by atoms with Gasteiger partial charge in [0.1, 0.15) is 0 Å². The summed E-state index contributed by atoms with van der Waals surface area (Å²) in [6.07, 6.45) is 8.39. The first-order valence-electron chi connectivity index (χ1n) is 9.26. The second kappa shape index (κ2) is 7.98. The van der Waals surface area contributed by atoms with E-state index in [2.05, 4.69) is 29.2 Å². The van der Waals surface area contributed by atoms with Crippen LogP contribution in [0.5, 0.6) is 0 Å². The highest BCUT2D eigenvalue weighted by molar-refractivity contribution is 7.88. The molecule has 0 N–H and O–H groups in total. The molecule has 0 bridgehead atoms. The monoisotopic (exact) mass is 350 g/mol. The van der Waals surface area contributed by atoms with E-state index in [-0.39, 0.29) is 0 Å². The maximum atomic E-state index is 11.6. The minimum absolute atomic E-state index is 0.607. The zero-order valence-corrected chi connectivity index (χ0v) is 15.6. The molecule has 0 radical (unpaired) electrons. The van der Waals surface area contributed by atoms with E-state index in [0.717, 1.165) is 25.8 Å². The Morgan fingerprint density at radius 2 is 1.50 bits per heavy atom. The lowest BCUT2D eigenvalue weighted by atomic mass is 9.90. The predicted octanol–water partition coefficient (Wildman–Crippen LogP) is 2.89. The summed E-state index contributed by atoms with van der Waals surface area (Å²) in [6.45, 7) is 4.90. The van der Waals surface area contributed by atoms with Crippen LogP contribution in [-0.2, 0) is 23.0 Å². The van der Waals surface area contributed by atoms with E-state index in [1.165, 1.54) is 49.7 Å². The SMILES string of the molecule is CS(=O)(=O)N1CCC(Cc2ccc(CN3CCCCC3)cc2)CC1. The van der Waals surface area contributed by atoms with Crippen molar-refractivity contribution in [2.24, 2.45) is 5.92 Å². The van der Waals surface area contributed by atoms with Gasteiger partial charge in [0.25, 0.3) is 0 Å². The van der Waals surface area contributed by atoms with E-state index in [9.17, 15) is 8.42 Å². The van der Waals surface area contributed by atoms with Gasteiger partial charge in [0.2, 0.25) is 10.0 Å². The van der Waals surface area contributed by atoms with Crippen molar-refractivity contribution in [2.45, 2.75) is 45.1 Å². The Labute approximate surface area is 146 Å². The summed E-state index contributed by atoms with van der Waals surface area (Å²) in [4.78, 5) is 2.55. The highest BCUT2D eigenvalue weighted by atomic mass is 32.2. The summed E-state index contributed by atoms with van der Waals surface area (Å²) in [5, 5.41) is 0. The molecule has 0 saturated carbocycles. The molecule has 2 fully saturated rings. The Kier molecular flexibility index (Phi) is 5.95. The van der Waals surface area contributed by atoms with Crippen LogP contribution in [0.4, 0.5) is 0 Å². The lowest BCUT2D eigenvalue weighted by Crippen LogP contribution is -2.38. The first-order chi connectivity index (χ1) is 11.5. The van der Waals surface area contributed by atoms with Crippen LogP contribution in [0.1, 0.15) is 43.2 Å². The third kappa shape index (κ3) is 5.04. The first kappa shape index (κ1) is 17.9. The molecule has 1 aromatic carbocycles. The topological polar surface area (TPSA) is 40.6 Å². The van der Waals surface area contributed by atoms with Crippen LogP contribution >= 0.6 is 0 Å². The molecule has 0 spiro atoms. The summed E-state index contributed by atoms with van der Waals surface area (Å²) in [7, 11) is -3.01. The van der Waals surface area contributed by atoms with Crippen molar-refractivity contribution < 1.29 is 8.42 Å². The molecule has 5 heteroatoms. The fourth-order valence-corrected chi connectivity index (χ4v) is 4.81. The summed E-state index contributed by atoms with van der Waals surface area (Å²) >= 11 is 0. The number of hydrogen-bond acceptors (Lipinski definition) is 3. The Morgan fingerprint density at radius 1 is 0.917 bits per heavy atom. The molecule has 2 aliphatic heterocycles. The van der Waals surface area contributed by atoms with Gasteiger partial charge in [0.05, 0.1) is 6.26 Å². The summed E-state index contributed by atoms with van der Waals surface area (Å²) in [5.41, 5.74) is 2.79. The van der Waals surface area contributed by atoms with Gasteiger partial charge in [-0.15, -0.1) is 0 Å². The largest absolute Gasteiger partial charge is 0.299 e. The second-order valence-electron chi connectivity index (χ2n) is 7.46. The summed E-state index contributed by atoms with van der Waals surface area (Å²) < 4.78 is 24.8.